The van der Waals surface area contributed by atoms with E-state index in [2.05, 4.69) is 15.9 Å². The van der Waals surface area contributed by atoms with E-state index in [1.54, 1.807) is 0 Å². The number of hydrogen-bond acceptors (Lipinski definition) is 4. The van der Waals surface area contributed by atoms with Crippen molar-refractivity contribution in [3.8, 4) is 0 Å². The molecule has 5 nitrogen and oxygen atoms in total. The molecule has 68 valence electrons. The number of sulfonamides is 1. The highest BCUT2D eigenvalue weighted by Gasteiger charge is 2.17. The number of halogens is 1. The second-order valence-corrected chi connectivity index (χ2v) is 4.35. The molecule has 7 heteroatoms. The van der Waals surface area contributed by atoms with E-state index in [0.29, 0.717) is 5.76 Å². The SMILES string of the molecule is NCc1cc(S(N)(=O)=O)c(Br)o1. The van der Waals surface area contributed by atoms with Gasteiger partial charge in [-0.25, -0.2) is 13.6 Å². The van der Waals surface area contributed by atoms with Crippen LogP contribution in [-0.2, 0) is 16.6 Å². The first kappa shape index (κ1) is 9.72. The van der Waals surface area contributed by atoms with Crippen LogP contribution in [0.3, 0.4) is 0 Å². The Labute approximate surface area is 77.9 Å². The standard InChI is InChI=1S/C5H7BrN2O3S/c6-5-4(12(8,9)10)1-3(2-7)11-5/h1H,2,7H2,(H2,8,9,10). The molecule has 0 aliphatic carbocycles. The topological polar surface area (TPSA) is 99.3 Å². The zero-order valence-electron chi connectivity index (χ0n) is 5.95. The normalized spacial score (nSPS) is 11.9. The van der Waals surface area contributed by atoms with Crippen molar-refractivity contribution in [3.05, 3.63) is 16.5 Å². The minimum atomic E-state index is -3.72. The fourth-order valence-corrected chi connectivity index (χ4v) is 2.25. The maximum absolute atomic E-state index is 10.8. The molecule has 0 unspecified atom stereocenters. The number of furan rings is 1. The lowest BCUT2D eigenvalue weighted by Gasteiger charge is -1.89. The van der Waals surface area contributed by atoms with E-state index in [1.807, 2.05) is 0 Å². The van der Waals surface area contributed by atoms with Crippen molar-refractivity contribution in [2.45, 2.75) is 11.4 Å². The molecular formula is C5H7BrN2O3S. The number of rotatable bonds is 2. The van der Waals surface area contributed by atoms with Gasteiger partial charge in [0, 0.05) is 6.07 Å². The van der Waals surface area contributed by atoms with Crippen molar-refractivity contribution in [1.29, 1.82) is 0 Å². The minimum Gasteiger partial charge on any atom is -0.452 e. The summed E-state index contributed by atoms with van der Waals surface area (Å²) in [5, 5.41) is 4.87. The Bertz CT molecular complexity index is 383. The summed E-state index contributed by atoms with van der Waals surface area (Å²) < 4.78 is 26.7. The molecule has 0 aliphatic rings. The van der Waals surface area contributed by atoms with E-state index in [-0.39, 0.29) is 16.1 Å². The molecule has 1 aromatic heterocycles. The van der Waals surface area contributed by atoms with Gasteiger partial charge in [0.05, 0.1) is 6.54 Å². The average molecular weight is 255 g/mol. The van der Waals surface area contributed by atoms with Crippen molar-refractivity contribution in [1.82, 2.24) is 0 Å². The molecule has 0 saturated heterocycles. The summed E-state index contributed by atoms with van der Waals surface area (Å²) >= 11 is 2.91. The summed E-state index contributed by atoms with van der Waals surface area (Å²) in [6.07, 6.45) is 0. The molecule has 0 aliphatic heterocycles. The average Bonchev–Trinajstić information content (AvgIpc) is 2.29. The quantitative estimate of drug-likeness (QED) is 0.785. The van der Waals surface area contributed by atoms with Crippen molar-refractivity contribution < 1.29 is 12.8 Å². The third-order valence-electron chi connectivity index (χ3n) is 1.21. The van der Waals surface area contributed by atoms with E-state index in [9.17, 15) is 8.42 Å². The van der Waals surface area contributed by atoms with Gasteiger partial charge >= 0.3 is 0 Å². The Balaban J connectivity index is 3.27. The van der Waals surface area contributed by atoms with Gasteiger partial charge in [0.25, 0.3) is 0 Å². The van der Waals surface area contributed by atoms with Gasteiger partial charge in [0.1, 0.15) is 10.7 Å². The van der Waals surface area contributed by atoms with E-state index >= 15 is 0 Å². The van der Waals surface area contributed by atoms with Crippen LogP contribution in [0.15, 0.2) is 20.0 Å². The monoisotopic (exact) mass is 254 g/mol. The van der Waals surface area contributed by atoms with Gasteiger partial charge in [-0.3, -0.25) is 0 Å². The molecule has 0 aromatic carbocycles. The smallest absolute Gasteiger partial charge is 0.242 e. The van der Waals surface area contributed by atoms with E-state index in [4.69, 9.17) is 15.3 Å². The van der Waals surface area contributed by atoms with Crippen LogP contribution >= 0.6 is 15.9 Å². The summed E-state index contributed by atoms with van der Waals surface area (Å²) in [6.45, 7) is 0.133. The zero-order chi connectivity index (χ0) is 9.35. The van der Waals surface area contributed by atoms with Crippen LogP contribution in [0.2, 0.25) is 0 Å². The Morgan fingerprint density at radius 1 is 1.58 bits per heavy atom. The molecule has 0 fully saturated rings. The highest BCUT2D eigenvalue weighted by molar-refractivity contribution is 9.10. The minimum absolute atomic E-state index is 0.0806. The van der Waals surface area contributed by atoms with E-state index in [1.165, 1.54) is 6.07 Å². The van der Waals surface area contributed by atoms with Crippen LogP contribution in [-0.4, -0.2) is 8.42 Å². The van der Waals surface area contributed by atoms with Crippen LogP contribution < -0.4 is 10.9 Å². The largest absolute Gasteiger partial charge is 0.452 e. The molecule has 1 rings (SSSR count). The Morgan fingerprint density at radius 3 is 2.42 bits per heavy atom. The maximum atomic E-state index is 10.8. The van der Waals surface area contributed by atoms with Gasteiger partial charge in [-0.1, -0.05) is 0 Å². The number of nitrogens with two attached hydrogens (primary N) is 2. The molecule has 12 heavy (non-hydrogen) atoms. The second-order valence-electron chi connectivity index (χ2n) is 2.10. The molecule has 0 amide bonds. The van der Waals surface area contributed by atoms with Gasteiger partial charge in [-0.15, -0.1) is 0 Å². The third kappa shape index (κ3) is 1.86. The molecular weight excluding hydrogens is 248 g/mol. The highest BCUT2D eigenvalue weighted by Crippen LogP contribution is 2.24. The predicted molar refractivity (Wildman–Crippen MR) is 45.7 cm³/mol. The zero-order valence-corrected chi connectivity index (χ0v) is 8.35. The summed E-state index contributed by atoms with van der Waals surface area (Å²) in [7, 11) is -3.72. The lowest BCUT2D eigenvalue weighted by atomic mass is 10.5. The number of hydrogen-bond donors (Lipinski definition) is 2. The van der Waals surface area contributed by atoms with Crippen LogP contribution in [0, 0.1) is 0 Å². The van der Waals surface area contributed by atoms with Crippen LogP contribution in [0.4, 0.5) is 0 Å². The predicted octanol–water partition coefficient (Wildman–Crippen LogP) is 0.148. The Kier molecular flexibility index (Phi) is 2.57. The first-order valence-corrected chi connectivity index (χ1v) is 5.30. The van der Waals surface area contributed by atoms with E-state index in [0.717, 1.165) is 0 Å². The summed E-state index contributed by atoms with van der Waals surface area (Å²) in [5.41, 5.74) is 5.23. The molecule has 1 heterocycles. The molecule has 0 atom stereocenters. The number of primary sulfonamides is 1. The molecule has 0 spiro atoms. The molecule has 0 radical (unpaired) electrons. The van der Waals surface area contributed by atoms with E-state index < -0.39 is 10.0 Å². The van der Waals surface area contributed by atoms with Gasteiger partial charge < -0.3 is 10.2 Å². The maximum Gasteiger partial charge on any atom is 0.242 e. The molecule has 0 bridgehead atoms. The fourth-order valence-electron chi connectivity index (χ4n) is 0.692. The van der Waals surface area contributed by atoms with Gasteiger partial charge in [-0.05, 0) is 15.9 Å². The lowest BCUT2D eigenvalue weighted by Crippen LogP contribution is -2.11. The molecule has 4 N–H and O–H groups in total. The lowest BCUT2D eigenvalue weighted by molar-refractivity contribution is 0.484. The van der Waals surface area contributed by atoms with Crippen molar-refractivity contribution in [2.75, 3.05) is 0 Å². The van der Waals surface area contributed by atoms with Crippen LogP contribution in [0.5, 0.6) is 0 Å². The first-order chi connectivity index (χ1) is 5.45. The third-order valence-corrected chi connectivity index (χ3v) is 2.98. The first-order valence-electron chi connectivity index (χ1n) is 2.96. The highest BCUT2D eigenvalue weighted by atomic mass is 79.9. The second kappa shape index (κ2) is 3.17. The van der Waals surface area contributed by atoms with Gasteiger partial charge in [-0.2, -0.15) is 0 Å². The van der Waals surface area contributed by atoms with Crippen molar-refractivity contribution in [2.24, 2.45) is 10.9 Å². The molecule has 1 aromatic rings. The van der Waals surface area contributed by atoms with Crippen molar-refractivity contribution >= 4 is 26.0 Å². The Hall–Kier alpha value is -0.370. The Morgan fingerprint density at radius 2 is 2.17 bits per heavy atom. The summed E-state index contributed by atoms with van der Waals surface area (Å²) in [6, 6.07) is 1.29. The summed E-state index contributed by atoms with van der Waals surface area (Å²) in [4.78, 5) is -0.0806. The van der Waals surface area contributed by atoms with Crippen LogP contribution in [0.25, 0.3) is 0 Å². The van der Waals surface area contributed by atoms with Gasteiger partial charge in [0.2, 0.25) is 10.0 Å². The van der Waals surface area contributed by atoms with Gasteiger partial charge in [0.15, 0.2) is 4.67 Å². The molecule has 0 saturated carbocycles. The van der Waals surface area contributed by atoms with Crippen LogP contribution in [0.1, 0.15) is 5.76 Å². The fraction of sp³-hybridized carbons (Fsp3) is 0.200. The van der Waals surface area contributed by atoms with Crippen molar-refractivity contribution in [3.63, 3.8) is 0 Å². The summed E-state index contributed by atoms with van der Waals surface area (Å²) in [5.74, 6) is 0.367.